The molecule has 0 unspecified atom stereocenters. The van der Waals surface area contributed by atoms with E-state index in [4.69, 9.17) is 10.7 Å². The van der Waals surface area contributed by atoms with Crippen LogP contribution in [0.3, 0.4) is 0 Å². The van der Waals surface area contributed by atoms with Gasteiger partial charge in [0.2, 0.25) is 5.91 Å². The van der Waals surface area contributed by atoms with E-state index in [-0.39, 0.29) is 30.0 Å². The van der Waals surface area contributed by atoms with Crippen molar-refractivity contribution in [3.63, 3.8) is 0 Å². The lowest BCUT2D eigenvalue weighted by atomic mass is 10.1. The number of pyridine rings is 1. The molecule has 1 aliphatic heterocycles. The Hall–Kier alpha value is -3.79. The molecule has 1 atom stereocenters. The van der Waals surface area contributed by atoms with Crippen molar-refractivity contribution in [2.75, 3.05) is 51.4 Å². The first-order chi connectivity index (χ1) is 17.3. The second kappa shape index (κ2) is 10.9. The van der Waals surface area contributed by atoms with Crippen molar-refractivity contribution in [1.29, 1.82) is 0 Å². The van der Waals surface area contributed by atoms with Gasteiger partial charge in [0.1, 0.15) is 5.82 Å². The highest BCUT2D eigenvalue weighted by molar-refractivity contribution is 5.96. The van der Waals surface area contributed by atoms with E-state index in [0.29, 0.717) is 13.1 Å². The normalized spacial score (nSPS) is 15.7. The molecule has 3 heterocycles. The number of carbonyl (C=O) groups is 2. The lowest BCUT2D eigenvalue weighted by Gasteiger charge is -2.28. The van der Waals surface area contributed by atoms with E-state index >= 15 is 0 Å². The van der Waals surface area contributed by atoms with Gasteiger partial charge in [-0.25, -0.2) is 15.0 Å². The largest absolute Gasteiger partial charge is 0.382 e. The Morgan fingerprint density at radius 1 is 1.19 bits per heavy atom. The fourth-order valence-electron chi connectivity index (χ4n) is 4.62. The first-order valence-electron chi connectivity index (χ1n) is 12.2. The zero-order valence-corrected chi connectivity index (χ0v) is 21.4. The summed E-state index contributed by atoms with van der Waals surface area (Å²) in [7, 11) is 5.82. The molecular weight excluding hydrogens is 456 g/mol. The van der Waals surface area contributed by atoms with Crippen LogP contribution in [0.15, 0.2) is 36.7 Å². The van der Waals surface area contributed by atoms with Gasteiger partial charge in [-0.3, -0.25) is 14.5 Å². The summed E-state index contributed by atoms with van der Waals surface area (Å²) in [6, 6.07) is 8.04. The molecule has 10 nitrogen and oxygen atoms in total. The molecule has 3 N–H and O–H groups in total. The number of hydrogen-bond acceptors (Lipinski definition) is 8. The van der Waals surface area contributed by atoms with Crippen LogP contribution in [0.1, 0.15) is 34.5 Å². The standard InChI is InChI=1S/C26H34N8O2/c1-17-7-5-8-18-15-19(16-30-25(35)22-23(27)29-11-10-28-22)24(31-21(17)18)33(3)13-14-34(4)26(36)20-9-6-12-32(20)2/h5,7-8,10-11,15,20H,6,9,12-14,16H2,1-4H3,(H2,27,29)(H,30,35)/t20-/m0/s1. The highest BCUT2D eigenvalue weighted by Gasteiger charge is 2.30. The van der Waals surface area contributed by atoms with Gasteiger partial charge in [0, 0.05) is 57.1 Å². The van der Waals surface area contributed by atoms with E-state index in [1.54, 1.807) is 4.90 Å². The molecule has 0 bridgehead atoms. The first kappa shape index (κ1) is 25.3. The molecule has 1 aromatic carbocycles. The second-order valence-electron chi connectivity index (χ2n) is 9.41. The van der Waals surface area contributed by atoms with Crippen LogP contribution in [0.2, 0.25) is 0 Å². The molecule has 0 saturated carbocycles. The number of nitrogen functional groups attached to an aromatic ring is 1. The van der Waals surface area contributed by atoms with Crippen LogP contribution in [-0.2, 0) is 11.3 Å². The Bertz CT molecular complexity index is 1260. The molecule has 4 rings (SSSR count). The molecule has 1 aliphatic rings. The number of benzene rings is 1. The monoisotopic (exact) mass is 490 g/mol. The van der Waals surface area contributed by atoms with Gasteiger partial charge < -0.3 is 20.9 Å². The lowest BCUT2D eigenvalue weighted by molar-refractivity contribution is -0.134. The molecular formula is C26H34N8O2. The van der Waals surface area contributed by atoms with E-state index in [2.05, 4.69) is 20.2 Å². The van der Waals surface area contributed by atoms with Crippen molar-refractivity contribution in [3.8, 4) is 0 Å². The van der Waals surface area contributed by atoms with Crippen LogP contribution >= 0.6 is 0 Å². The molecule has 0 spiro atoms. The van der Waals surface area contributed by atoms with E-state index in [9.17, 15) is 9.59 Å². The Balaban J connectivity index is 1.53. The Morgan fingerprint density at radius 2 is 1.97 bits per heavy atom. The molecule has 1 saturated heterocycles. The Morgan fingerprint density at radius 3 is 2.69 bits per heavy atom. The highest BCUT2D eigenvalue weighted by Crippen LogP contribution is 2.25. The topological polar surface area (TPSA) is 121 Å². The smallest absolute Gasteiger partial charge is 0.273 e. The number of hydrogen-bond donors (Lipinski definition) is 2. The molecule has 0 aliphatic carbocycles. The quantitative estimate of drug-likeness (QED) is 0.491. The molecule has 2 aromatic heterocycles. The molecule has 0 radical (unpaired) electrons. The number of anilines is 2. The summed E-state index contributed by atoms with van der Waals surface area (Å²) in [5.74, 6) is 0.590. The van der Waals surface area contributed by atoms with E-state index in [1.165, 1.54) is 12.4 Å². The van der Waals surface area contributed by atoms with Crippen molar-refractivity contribution in [2.24, 2.45) is 0 Å². The lowest BCUT2D eigenvalue weighted by Crippen LogP contribution is -2.44. The zero-order valence-electron chi connectivity index (χ0n) is 21.4. The maximum atomic E-state index is 12.9. The molecule has 2 amide bonds. The molecule has 1 fully saturated rings. The maximum Gasteiger partial charge on any atom is 0.273 e. The number of rotatable bonds is 8. The third kappa shape index (κ3) is 5.38. The van der Waals surface area contributed by atoms with Gasteiger partial charge in [0.25, 0.3) is 5.91 Å². The van der Waals surface area contributed by atoms with Gasteiger partial charge in [-0.1, -0.05) is 18.2 Å². The average Bonchev–Trinajstić information content (AvgIpc) is 3.30. The van der Waals surface area contributed by atoms with Crippen LogP contribution in [-0.4, -0.2) is 83.4 Å². The number of nitrogens with one attached hydrogen (secondary N) is 1. The number of amides is 2. The summed E-state index contributed by atoms with van der Waals surface area (Å²) in [4.78, 5) is 44.5. The summed E-state index contributed by atoms with van der Waals surface area (Å²) < 4.78 is 0. The summed E-state index contributed by atoms with van der Waals surface area (Å²) in [5.41, 5.74) is 8.74. The fraction of sp³-hybridized carbons (Fsp3) is 0.423. The number of likely N-dealkylation sites (tertiary alicyclic amines) is 1. The van der Waals surface area contributed by atoms with Gasteiger partial charge in [0.15, 0.2) is 11.5 Å². The van der Waals surface area contributed by atoms with E-state index in [0.717, 1.165) is 47.2 Å². The number of carbonyl (C=O) groups excluding carboxylic acids is 2. The highest BCUT2D eigenvalue weighted by atomic mass is 16.2. The van der Waals surface area contributed by atoms with Gasteiger partial charge in [0.05, 0.1) is 11.6 Å². The fourth-order valence-corrected chi connectivity index (χ4v) is 4.62. The molecule has 10 heteroatoms. The van der Waals surface area contributed by atoms with Crippen molar-refractivity contribution < 1.29 is 9.59 Å². The predicted octanol–water partition coefficient (Wildman–Crippen LogP) is 1.83. The third-order valence-corrected chi connectivity index (χ3v) is 6.80. The predicted molar refractivity (Wildman–Crippen MR) is 141 cm³/mol. The van der Waals surface area contributed by atoms with E-state index in [1.807, 2.05) is 57.2 Å². The number of likely N-dealkylation sites (N-methyl/N-ethyl adjacent to an activating group) is 3. The molecule has 36 heavy (non-hydrogen) atoms. The van der Waals surface area contributed by atoms with Crippen molar-refractivity contribution in [1.82, 2.24) is 30.1 Å². The summed E-state index contributed by atoms with van der Waals surface area (Å²) >= 11 is 0. The third-order valence-electron chi connectivity index (χ3n) is 6.80. The first-order valence-corrected chi connectivity index (χ1v) is 12.2. The number of aromatic nitrogens is 3. The van der Waals surface area contributed by atoms with Crippen LogP contribution in [0.5, 0.6) is 0 Å². The maximum absolute atomic E-state index is 12.9. The van der Waals surface area contributed by atoms with Crippen LogP contribution in [0.25, 0.3) is 10.9 Å². The minimum Gasteiger partial charge on any atom is -0.382 e. The Labute approximate surface area is 211 Å². The summed E-state index contributed by atoms with van der Waals surface area (Å²) in [6.45, 7) is 4.39. The Kier molecular flexibility index (Phi) is 7.64. The van der Waals surface area contributed by atoms with Crippen molar-refractivity contribution in [3.05, 3.63) is 53.5 Å². The number of nitrogens with two attached hydrogens (primary N) is 1. The number of para-hydroxylation sites is 1. The van der Waals surface area contributed by atoms with Gasteiger partial charge in [-0.2, -0.15) is 0 Å². The minimum atomic E-state index is -0.399. The zero-order chi connectivity index (χ0) is 25.8. The van der Waals surface area contributed by atoms with Gasteiger partial charge in [-0.05, 0) is 45.0 Å². The number of aryl methyl sites for hydroxylation is 1. The van der Waals surface area contributed by atoms with Gasteiger partial charge >= 0.3 is 0 Å². The summed E-state index contributed by atoms with van der Waals surface area (Å²) in [6.07, 6.45) is 4.84. The minimum absolute atomic E-state index is 0.0407. The number of nitrogens with zero attached hydrogens (tertiary/aromatic N) is 6. The van der Waals surface area contributed by atoms with Crippen LogP contribution in [0, 0.1) is 6.92 Å². The van der Waals surface area contributed by atoms with Gasteiger partial charge in [-0.15, -0.1) is 0 Å². The van der Waals surface area contributed by atoms with Crippen LogP contribution in [0.4, 0.5) is 11.6 Å². The molecule has 3 aromatic rings. The number of fused-ring (bicyclic) bond motifs is 1. The van der Waals surface area contributed by atoms with Crippen molar-refractivity contribution in [2.45, 2.75) is 32.4 Å². The summed E-state index contributed by atoms with van der Waals surface area (Å²) in [5, 5.41) is 3.89. The average molecular weight is 491 g/mol. The SMILES string of the molecule is Cc1cccc2cc(CNC(=O)c3nccnc3N)c(N(C)CCN(C)C(=O)[C@@H]3CCCN3C)nc12. The van der Waals surface area contributed by atoms with Crippen molar-refractivity contribution >= 4 is 34.4 Å². The second-order valence-corrected chi connectivity index (χ2v) is 9.41. The molecule has 190 valence electrons. The van der Waals surface area contributed by atoms with E-state index < -0.39 is 5.91 Å². The van der Waals surface area contributed by atoms with Crippen LogP contribution < -0.4 is 16.0 Å².